The van der Waals surface area contributed by atoms with Crippen LogP contribution in [0.15, 0.2) is 18.2 Å². The molecule has 0 amide bonds. The normalized spacial score (nSPS) is 10.9. The number of ether oxygens (including phenoxy) is 2. The van der Waals surface area contributed by atoms with Crippen LogP contribution in [0.3, 0.4) is 0 Å². The van der Waals surface area contributed by atoms with Crippen LogP contribution in [-0.4, -0.2) is 38.3 Å². The number of anilines is 1. The van der Waals surface area contributed by atoms with Gasteiger partial charge in [-0.1, -0.05) is 0 Å². The van der Waals surface area contributed by atoms with Crippen LogP contribution in [0.5, 0.6) is 11.5 Å². The Labute approximate surface area is 103 Å². The van der Waals surface area contributed by atoms with Crippen LogP contribution in [0.4, 0.5) is 5.69 Å². The minimum absolute atomic E-state index is 0.131. The predicted octanol–water partition coefficient (Wildman–Crippen LogP) is 2.00. The highest BCUT2D eigenvalue weighted by Gasteiger charge is 2.03. The van der Waals surface area contributed by atoms with Gasteiger partial charge in [0.05, 0.1) is 6.10 Å². The third-order valence-electron chi connectivity index (χ3n) is 2.08. The Kier molecular flexibility index (Phi) is 5.10. The molecule has 17 heavy (non-hydrogen) atoms. The molecular weight excluding hydrogens is 216 g/mol. The summed E-state index contributed by atoms with van der Waals surface area (Å²) in [6.07, 6.45) is 0.131. The van der Waals surface area contributed by atoms with Crippen LogP contribution in [-0.2, 0) is 0 Å². The second-order valence-electron chi connectivity index (χ2n) is 4.56. The molecule has 0 unspecified atom stereocenters. The summed E-state index contributed by atoms with van der Waals surface area (Å²) in [6, 6.07) is 5.48. The summed E-state index contributed by atoms with van der Waals surface area (Å²) in [5.74, 6) is 1.50. The van der Waals surface area contributed by atoms with E-state index in [1.807, 2.05) is 40.1 Å². The van der Waals surface area contributed by atoms with Crippen LogP contribution in [0.1, 0.15) is 13.8 Å². The molecule has 0 atom stereocenters. The van der Waals surface area contributed by atoms with Crippen LogP contribution in [0, 0.1) is 0 Å². The zero-order valence-electron chi connectivity index (χ0n) is 11.1. The first-order valence-corrected chi connectivity index (χ1v) is 5.82. The average Bonchev–Trinajstić information content (AvgIpc) is 2.14. The van der Waals surface area contributed by atoms with Crippen molar-refractivity contribution in [3.8, 4) is 11.5 Å². The lowest BCUT2D eigenvalue weighted by Crippen LogP contribution is -2.19. The van der Waals surface area contributed by atoms with Crippen LogP contribution < -0.4 is 15.2 Å². The van der Waals surface area contributed by atoms with E-state index in [9.17, 15) is 0 Å². The maximum Gasteiger partial charge on any atom is 0.125 e. The van der Waals surface area contributed by atoms with Crippen molar-refractivity contribution in [2.75, 3.05) is 33.0 Å². The van der Waals surface area contributed by atoms with E-state index in [4.69, 9.17) is 15.2 Å². The van der Waals surface area contributed by atoms with Gasteiger partial charge in [0.2, 0.25) is 0 Å². The molecule has 4 nitrogen and oxygen atoms in total. The monoisotopic (exact) mass is 238 g/mol. The van der Waals surface area contributed by atoms with Gasteiger partial charge in [-0.25, -0.2) is 0 Å². The van der Waals surface area contributed by atoms with E-state index in [1.54, 1.807) is 6.07 Å². The van der Waals surface area contributed by atoms with Gasteiger partial charge in [-0.2, -0.15) is 0 Å². The molecule has 1 aromatic rings. The van der Waals surface area contributed by atoms with Gasteiger partial charge in [0.25, 0.3) is 0 Å². The molecular formula is C13H22N2O2. The minimum atomic E-state index is 0.131. The molecule has 2 N–H and O–H groups in total. The summed E-state index contributed by atoms with van der Waals surface area (Å²) in [7, 11) is 4.02. The fourth-order valence-corrected chi connectivity index (χ4v) is 1.36. The molecule has 4 heteroatoms. The number of hydrogen-bond donors (Lipinski definition) is 1. The molecule has 0 saturated heterocycles. The van der Waals surface area contributed by atoms with E-state index >= 15 is 0 Å². The summed E-state index contributed by atoms with van der Waals surface area (Å²) in [5.41, 5.74) is 6.45. The molecule has 96 valence electrons. The molecule has 0 aliphatic heterocycles. The fourth-order valence-electron chi connectivity index (χ4n) is 1.36. The SMILES string of the molecule is CC(C)Oc1cc(N)cc(OCCN(C)C)c1. The number of nitrogen functional groups attached to an aromatic ring is 1. The zero-order valence-corrected chi connectivity index (χ0v) is 11.1. The Balaban J connectivity index is 2.62. The molecule has 0 radical (unpaired) electrons. The van der Waals surface area contributed by atoms with E-state index in [0.29, 0.717) is 12.3 Å². The lowest BCUT2D eigenvalue weighted by molar-refractivity contribution is 0.237. The minimum Gasteiger partial charge on any atom is -0.492 e. The van der Waals surface area contributed by atoms with E-state index in [0.717, 1.165) is 18.0 Å². The average molecular weight is 238 g/mol. The Bertz CT molecular complexity index is 351. The molecule has 0 heterocycles. The zero-order chi connectivity index (χ0) is 12.8. The summed E-state index contributed by atoms with van der Waals surface area (Å²) < 4.78 is 11.2. The van der Waals surface area contributed by atoms with Gasteiger partial charge in [-0.05, 0) is 27.9 Å². The van der Waals surface area contributed by atoms with E-state index in [2.05, 4.69) is 4.90 Å². The van der Waals surface area contributed by atoms with Gasteiger partial charge in [0.15, 0.2) is 0 Å². The Morgan fingerprint density at radius 2 is 1.82 bits per heavy atom. The summed E-state index contributed by atoms with van der Waals surface area (Å²) in [5, 5.41) is 0. The van der Waals surface area contributed by atoms with Crippen molar-refractivity contribution >= 4 is 5.69 Å². The van der Waals surface area contributed by atoms with Crippen LogP contribution in [0.25, 0.3) is 0 Å². The standard InChI is InChI=1S/C13H22N2O2/c1-10(2)17-13-8-11(14)7-12(9-13)16-6-5-15(3)4/h7-10H,5-6,14H2,1-4H3. The molecule has 0 bridgehead atoms. The van der Waals surface area contributed by atoms with Gasteiger partial charge in [0, 0.05) is 30.4 Å². The van der Waals surface area contributed by atoms with Gasteiger partial charge in [0.1, 0.15) is 18.1 Å². The predicted molar refractivity (Wildman–Crippen MR) is 70.7 cm³/mol. The first-order valence-electron chi connectivity index (χ1n) is 5.82. The van der Waals surface area contributed by atoms with Crippen LogP contribution >= 0.6 is 0 Å². The topological polar surface area (TPSA) is 47.7 Å². The van der Waals surface area contributed by atoms with E-state index in [-0.39, 0.29) is 6.10 Å². The molecule has 0 fully saturated rings. The van der Waals surface area contributed by atoms with E-state index < -0.39 is 0 Å². The number of nitrogens with two attached hydrogens (primary N) is 1. The fraction of sp³-hybridized carbons (Fsp3) is 0.538. The molecule has 0 aliphatic rings. The van der Waals surface area contributed by atoms with Crippen molar-refractivity contribution in [2.24, 2.45) is 0 Å². The summed E-state index contributed by atoms with van der Waals surface area (Å²) in [6.45, 7) is 5.47. The molecule has 1 aromatic carbocycles. The highest BCUT2D eigenvalue weighted by molar-refractivity contribution is 5.50. The van der Waals surface area contributed by atoms with Gasteiger partial charge >= 0.3 is 0 Å². The molecule has 0 aliphatic carbocycles. The van der Waals surface area contributed by atoms with Gasteiger partial charge in [-0.3, -0.25) is 0 Å². The summed E-state index contributed by atoms with van der Waals surface area (Å²) >= 11 is 0. The molecule has 0 saturated carbocycles. The van der Waals surface area contributed by atoms with Crippen molar-refractivity contribution in [3.63, 3.8) is 0 Å². The van der Waals surface area contributed by atoms with Crippen molar-refractivity contribution in [3.05, 3.63) is 18.2 Å². The third kappa shape index (κ3) is 5.45. The number of rotatable bonds is 6. The summed E-state index contributed by atoms with van der Waals surface area (Å²) in [4.78, 5) is 2.07. The molecule has 0 aromatic heterocycles. The Morgan fingerprint density at radius 3 is 2.41 bits per heavy atom. The number of likely N-dealkylation sites (N-methyl/N-ethyl adjacent to an activating group) is 1. The molecule has 0 spiro atoms. The maximum atomic E-state index is 5.80. The number of hydrogen-bond acceptors (Lipinski definition) is 4. The lowest BCUT2D eigenvalue weighted by Gasteiger charge is -2.14. The second-order valence-corrected chi connectivity index (χ2v) is 4.56. The maximum absolute atomic E-state index is 5.80. The first-order chi connectivity index (χ1) is 7.97. The van der Waals surface area contributed by atoms with Crippen molar-refractivity contribution in [1.29, 1.82) is 0 Å². The van der Waals surface area contributed by atoms with Gasteiger partial charge in [-0.15, -0.1) is 0 Å². The number of benzene rings is 1. The Morgan fingerprint density at radius 1 is 1.18 bits per heavy atom. The number of nitrogens with zero attached hydrogens (tertiary/aromatic N) is 1. The molecule has 1 rings (SSSR count). The quantitative estimate of drug-likeness (QED) is 0.770. The highest BCUT2D eigenvalue weighted by Crippen LogP contribution is 2.25. The van der Waals surface area contributed by atoms with E-state index in [1.165, 1.54) is 0 Å². The van der Waals surface area contributed by atoms with Gasteiger partial charge < -0.3 is 20.1 Å². The van der Waals surface area contributed by atoms with Crippen molar-refractivity contribution in [1.82, 2.24) is 4.90 Å². The highest BCUT2D eigenvalue weighted by atomic mass is 16.5. The first kappa shape index (κ1) is 13.6. The van der Waals surface area contributed by atoms with Crippen molar-refractivity contribution in [2.45, 2.75) is 20.0 Å². The Hall–Kier alpha value is -1.42. The van der Waals surface area contributed by atoms with Crippen LogP contribution in [0.2, 0.25) is 0 Å². The largest absolute Gasteiger partial charge is 0.492 e. The van der Waals surface area contributed by atoms with Crippen molar-refractivity contribution < 1.29 is 9.47 Å². The second kappa shape index (κ2) is 6.35. The smallest absolute Gasteiger partial charge is 0.125 e. The third-order valence-corrected chi connectivity index (χ3v) is 2.08. The lowest BCUT2D eigenvalue weighted by atomic mass is 10.3.